The number of nitrogens with zero attached hydrogens (tertiary/aromatic N) is 1. The van der Waals surface area contributed by atoms with Gasteiger partial charge in [0.2, 0.25) is 0 Å². The predicted octanol–water partition coefficient (Wildman–Crippen LogP) is -0.357. The fraction of sp³-hybridized carbons (Fsp3) is 0.333. The van der Waals surface area contributed by atoms with E-state index in [2.05, 4.69) is 10.5 Å². The summed E-state index contributed by atoms with van der Waals surface area (Å²) in [5.41, 5.74) is 15.5. The van der Waals surface area contributed by atoms with Gasteiger partial charge in [0, 0.05) is 18.5 Å². The van der Waals surface area contributed by atoms with Crippen molar-refractivity contribution < 1.29 is 14.6 Å². The third kappa shape index (κ3) is 4.84. The van der Waals surface area contributed by atoms with Crippen LogP contribution >= 0.6 is 0 Å². The molecule has 0 radical (unpaired) electrons. The average molecular weight is 266 g/mol. The Morgan fingerprint density at radius 3 is 2.84 bits per heavy atom. The highest BCUT2D eigenvalue weighted by molar-refractivity contribution is 5.82. The molecule has 104 valence electrons. The SMILES string of the molecule is COc1ccc(C/C(N)=N/NCC(=O)O)cc1CN. The zero-order chi connectivity index (χ0) is 14.3. The first-order valence-electron chi connectivity index (χ1n) is 5.69. The van der Waals surface area contributed by atoms with Gasteiger partial charge in [0.05, 0.1) is 7.11 Å². The standard InChI is InChI=1S/C12H18N4O3/c1-19-10-3-2-8(4-9(10)6-13)5-11(14)16-15-7-12(17)18/h2-4,15H,5-7,13H2,1H3,(H2,14,16)(H,17,18). The molecule has 1 aromatic carbocycles. The highest BCUT2D eigenvalue weighted by Crippen LogP contribution is 2.19. The number of aliphatic carboxylic acids is 1. The molecule has 0 aliphatic rings. The number of hydrogen-bond donors (Lipinski definition) is 4. The fourth-order valence-corrected chi connectivity index (χ4v) is 1.56. The number of nitrogens with one attached hydrogen (secondary N) is 1. The molecule has 0 unspecified atom stereocenters. The van der Waals surface area contributed by atoms with Crippen LogP contribution in [0.15, 0.2) is 23.3 Å². The van der Waals surface area contributed by atoms with E-state index < -0.39 is 5.97 Å². The van der Waals surface area contributed by atoms with E-state index in [0.717, 1.165) is 16.9 Å². The van der Waals surface area contributed by atoms with Crippen LogP contribution in [0.3, 0.4) is 0 Å². The molecular formula is C12H18N4O3. The summed E-state index contributed by atoms with van der Waals surface area (Å²) in [5.74, 6) is 0.0339. The minimum absolute atomic E-state index is 0.267. The Kier molecular flexibility index (Phi) is 5.62. The van der Waals surface area contributed by atoms with Gasteiger partial charge in [0.1, 0.15) is 18.1 Å². The molecule has 0 atom stereocenters. The maximum absolute atomic E-state index is 10.3. The number of carbonyl (C=O) groups is 1. The molecule has 19 heavy (non-hydrogen) atoms. The van der Waals surface area contributed by atoms with Crippen molar-refractivity contribution in [1.29, 1.82) is 0 Å². The lowest BCUT2D eigenvalue weighted by molar-refractivity contribution is -0.135. The maximum atomic E-state index is 10.3. The van der Waals surface area contributed by atoms with E-state index in [1.807, 2.05) is 18.2 Å². The molecule has 0 heterocycles. The molecule has 0 aliphatic heterocycles. The number of rotatable bonds is 7. The first-order chi connectivity index (χ1) is 9.06. The van der Waals surface area contributed by atoms with Crippen LogP contribution in [-0.4, -0.2) is 30.6 Å². The lowest BCUT2D eigenvalue weighted by Gasteiger charge is -2.09. The third-order valence-corrected chi connectivity index (χ3v) is 2.40. The number of benzene rings is 1. The average Bonchev–Trinajstić information content (AvgIpc) is 2.38. The van der Waals surface area contributed by atoms with Gasteiger partial charge in [-0.2, -0.15) is 5.10 Å². The number of amidine groups is 1. The zero-order valence-electron chi connectivity index (χ0n) is 10.7. The Bertz CT molecular complexity index is 474. The summed E-state index contributed by atoms with van der Waals surface area (Å²) in [6, 6.07) is 5.56. The summed E-state index contributed by atoms with van der Waals surface area (Å²) >= 11 is 0. The molecule has 0 amide bonds. The van der Waals surface area contributed by atoms with Gasteiger partial charge in [-0.3, -0.25) is 10.2 Å². The lowest BCUT2D eigenvalue weighted by Crippen LogP contribution is -2.24. The van der Waals surface area contributed by atoms with Crippen molar-refractivity contribution in [3.8, 4) is 5.75 Å². The van der Waals surface area contributed by atoms with Crippen molar-refractivity contribution in [3.63, 3.8) is 0 Å². The molecule has 7 nitrogen and oxygen atoms in total. The number of carboxylic acid groups (broad SMARTS) is 1. The van der Waals surface area contributed by atoms with Crippen molar-refractivity contribution in [2.45, 2.75) is 13.0 Å². The fourth-order valence-electron chi connectivity index (χ4n) is 1.56. The minimum atomic E-state index is -0.994. The van der Waals surface area contributed by atoms with Crippen molar-refractivity contribution in [2.75, 3.05) is 13.7 Å². The largest absolute Gasteiger partial charge is 0.496 e. The first-order valence-corrected chi connectivity index (χ1v) is 5.69. The summed E-state index contributed by atoms with van der Waals surface area (Å²) in [7, 11) is 1.58. The van der Waals surface area contributed by atoms with Crippen molar-refractivity contribution in [1.82, 2.24) is 5.43 Å². The number of hydrogen-bond acceptors (Lipinski definition) is 5. The number of carboxylic acids is 1. The van der Waals surface area contributed by atoms with Crippen LogP contribution in [0.1, 0.15) is 11.1 Å². The van der Waals surface area contributed by atoms with Crippen LogP contribution in [0.5, 0.6) is 5.75 Å². The van der Waals surface area contributed by atoms with Gasteiger partial charge >= 0.3 is 5.97 Å². The smallest absolute Gasteiger partial charge is 0.324 e. The Morgan fingerprint density at radius 2 is 2.26 bits per heavy atom. The molecule has 0 saturated heterocycles. The van der Waals surface area contributed by atoms with Crippen LogP contribution in [0.4, 0.5) is 0 Å². The van der Waals surface area contributed by atoms with Gasteiger partial charge in [-0.05, 0) is 11.6 Å². The van der Waals surface area contributed by atoms with Crippen molar-refractivity contribution >= 4 is 11.8 Å². The third-order valence-electron chi connectivity index (χ3n) is 2.40. The Morgan fingerprint density at radius 1 is 1.53 bits per heavy atom. The van der Waals surface area contributed by atoms with E-state index in [1.54, 1.807) is 7.11 Å². The van der Waals surface area contributed by atoms with Crippen LogP contribution in [0, 0.1) is 0 Å². The molecule has 0 fully saturated rings. The summed E-state index contributed by atoms with van der Waals surface area (Å²) in [4.78, 5) is 10.3. The lowest BCUT2D eigenvalue weighted by atomic mass is 10.1. The highest BCUT2D eigenvalue weighted by Gasteiger charge is 2.04. The second-order valence-corrected chi connectivity index (χ2v) is 3.86. The Labute approximate surface area is 111 Å². The van der Waals surface area contributed by atoms with Crippen LogP contribution in [-0.2, 0) is 17.8 Å². The number of hydrazone groups is 1. The molecule has 1 aromatic rings. The summed E-state index contributed by atoms with van der Waals surface area (Å²) < 4.78 is 5.17. The highest BCUT2D eigenvalue weighted by atomic mass is 16.5. The number of nitrogens with two attached hydrogens (primary N) is 2. The second kappa shape index (κ2) is 7.22. The molecule has 0 bridgehead atoms. The topological polar surface area (TPSA) is 123 Å². The van der Waals surface area contributed by atoms with Crippen molar-refractivity contribution in [2.24, 2.45) is 16.6 Å². The van der Waals surface area contributed by atoms with E-state index in [0.29, 0.717) is 18.8 Å². The van der Waals surface area contributed by atoms with Gasteiger partial charge < -0.3 is 21.3 Å². The molecule has 7 heteroatoms. The van der Waals surface area contributed by atoms with Crippen LogP contribution in [0.2, 0.25) is 0 Å². The van der Waals surface area contributed by atoms with Gasteiger partial charge in [-0.1, -0.05) is 12.1 Å². The van der Waals surface area contributed by atoms with E-state index >= 15 is 0 Å². The minimum Gasteiger partial charge on any atom is -0.496 e. The van der Waals surface area contributed by atoms with Gasteiger partial charge in [0.25, 0.3) is 0 Å². The molecule has 0 saturated carbocycles. The normalized spacial score (nSPS) is 11.2. The zero-order valence-corrected chi connectivity index (χ0v) is 10.7. The van der Waals surface area contributed by atoms with E-state index in [9.17, 15) is 4.79 Å². The quantitative estimate of drug-likeness (QED) is 0.304. The molecule has 0 aliphatic carbocycles. The molecule has 1 rings (SSSR count). The molecule has 6 N–H and O–H groups in total. The number of ether oxygens (including phenoxy) is 1. The predicted molar refractivity (Wildman–Crippen MR) is 71.9 cm³/mol. The van der Waals surface area contributed by atoms with Gasteiger partial charge in [0.15, 0.2) is 0 Å². The molecular weight excluding hydrogens is 248 g/mol. The summed E-state index contributed by atoms with van der Waals surface area (Å²) in [6.07, 6.45) is 0.406. The molecule has 0 spiro atoms. The summed E-state index contributed by atoms with van der Waals surface area (Å²) in [5, 5.41) is 12.2. The van der Waals surface area contributed by atoms with Gasteiger partial charge in [-0.15, -0.1) is 0 Å². The molecule has 0 aromatic heterocycles. The van der Waals surface area contributed by atoms with Crippen LogP contribution in [0.25, 0.3) is 0 Å². The van der Waals surface area contributed by atoms with Crippen molar-refractivity contribution in [3.05, 3.63) is 29.3 Å². The first kappa shape index (κ1) is 14.8. The monoisotopic (exact) mass is 266 g/mol. The van der Waals surface area contributed by atoms with E-state index in [4.69, 9.17) is 21.3 Å². The van der Waals surface area contributed by atoms with Crippen LogP contribution < -0.4 is 21.6 Å². The van der Waals surface area contributed by atoms with E-state index in [1.165, 1.54) is 0 Å². The Balaban J connectivity index is 2.68. The van der Waals surface area contributed by atoms with Gasteiger partial charge in [-0.25, -0.2) is 0 Å². The summed E-state index contributed by atoms with van der Waals surface area (Å²) in [6.45, 7) is 0.0999. The van der Waals surface area contributed by atoms with E-state index in [-0.39, 0.29) is 6.54 Å². The maximum Gasteiger partial charge on any atom is 0.324 e. The Hall–Kier alpha value is -2.28. The number of methoxy groups -OCH3 is 1. The second-order valence-electron chi connectivity index (χ2n) is 3.86.